The van der Waals surface area contributed by atoms with Crippen LogP contribution in [0.3, 0.4) is 0 Å². The standard InChI is InChI=1S/C11H20O4/c1-4-9(7-12)6-11(10(13)5-2)15-8-14-3/h4-5,9-13H,1-2,6-8H2,3H3/t9-,10-,11-/m1/s1. The van der Waals surface area contributed by atoms with E-state index in [4.69, 9.17) is 14.6 Å². The van der Waals surface area contributed by atoms with Crippen LogP contribution in [0.1, 0.15) is 6.42 Å². The largest absolute Gasteiger partial charge is 0.396 e. The monoisotopic (exact) mass is 216 g/mol. The molecule has 2 N–H and O–H groups in total. The lowest BCUT2D eigenvalue weighted by molar-refractivity contribution is -0.108. The molecule has 0 aromatic heterocycles. The highest BCUT2D eigenvalue weighted by molar-refractivity contribution is 4.89. The van der Waals surface area contributed by atoms with E-state index in [1.54, 1.807) is 6.08 Å². The SMILES string of the molecule is C=C[C@@H](CO)C[C@@H](OCOC)[C@H](O)C=C. The summed E-state index contributed by atoms with van der Waals surface area (Å²) >= 11 is 0. The second-order valence-corrected chi connectivity index (χ2v) is 3.25. The van der Waals surface area contributed by atoms with Gasteiger partial charge in [0.05, 0.1) is 12.2 Å². The zero-order valence-corrected chi connectivity index (χ0v) is 9.13. The topological polar surface area (TPSA) is 58.9 Å². The van der Waals surface area contributed by atoms with E-state index in [9.17, 15) is 5.11 Å². The van der Waals surface area contributed by atoms with Crippen molar-refractivity contribution in [2.75, 3.05) is 20.5 Å². The molecule has 0 rings (SSSR count). The maximum atomic E-state index is 9.57. The fraction of sp³-hybridized carbons (Fsp3) is 0.636. The molecule has 4 heteroatoms. The van der Waals surface area contributed by atoms with E-state index in [0.717, 1.165) is 0 Å². The second-order valence-electron chi connectivity index (χ2n) is 3.25. The van der Waals surface area contributed by atoms with E-state index in [0.29, 0.717) is 6.42 Å². The van der Waals surface area contributed by atoms with Crippen LogP contribution < -0.4 is 0 Å². The van der Waals surface area contributed by atoms with Gasteiger partial charge in [-0.15, -0.1) is 13.2 Å². The smallest absolute Gasteiger partial charge is 0.146 e. The minimum atomic E-state index is -0.769. The molecule has 0 aliphatic carbocycles. The third-order valence-electron chi connectivity index (χ3n) is 2.13. The number of hydrogen-bond donors (Lipinski definition) is 2. The Labute approximate surface area is 90.8 Å². The van der Waals surface area contributed by atoms with Crippen molar-refractivity contribution in [2.45, 2.75) is 18.6 Å². The lowest BCUT2D eigenvalue weighted by Gasteiger charge is -2.23. The Kier molecular flexibility index (Phi) is 8.22. The third kappa shape index (κ3) is 5.69. The minimum absolute atomic E-state index is 0.0137. The van der Waals surface area contributed by atoms with Crippen LogP contribution in [0.25, 0.3) is 0 Å². The number of aliphatic hydroxyl groups excluding tert-OH is 2. The van der Waals surface area contributed by atoms with Crippen molar-refractivity contribution >= 4 is 0 Å². The summed E-state index contributed by atoms with van der Waals surface area (Å²) in [5, 5.41) is 18.6. The zero-order chi connectivity index (χ0) is 11.7. The van der Waals surface area contributed by atoms with Crippen molar-refractivity contribution in [3.63, 3.8) is 0 Å². The fourth-order valence-electron chi connectivity index (χ4n) is 1.16. The van der Waals surface area contributed by atoms with E-state index >= 15 is 0 Å². The zero-order valence-electron chi connectivity index (χ0n) is 9.13. The highest BCUT2D eigenvalue weighted by atomic mass is 16.7. The van der Waals surface area contributed by atoms with Gasteiger partial charge in [0.2, 0.25) is 0 Å². The van der Waals surface area contributed by atoms with Crippen LogP contribution in [0, 0.1) is 5.92 Å². The maximum Gasteiger partial charge on any atom is 0.146 e. The summed E-state index contributed by atoms with van der Waals surface area (Å²) in [7, 11) is 1.51. The lowest BCUT2D eigenvalue weighted by atomic mass is 9.99. The minimum Gasteiger partial charge on any atom is -0.396 e. The van der Waals surface area contributed by atoms with Crippen molar-refractivity contribution in [1.29, 1.82) is 0 Å². The number of aliphatic hydroxyl groups is 2. The molecule has 0 aliphatic heterocycles. The summed E-state index contributed by atoms with van der Waals surface area (Å²) in [6.07, 6.45) is 2.32. The molecule has 0 spiro atoms. The lowest BCUT2D eigenvalue weighted by Crippen LogP contribution is -2.30. The van der Waals surface area contributed by atoms with Crippen LogP contribution in [-0.4, -0.2) is 42.9 Å². The van der Waals surface area contributed by atoms with Gasteiger partial charge in [-0.1, -0.05) is 12.2 Å². The number of hydrogen-bond acceptors (Lipinski definition) is 4. The maximum absolute atomic E-state index is 9.57. The third-order valence-corrected chi connectivity index (χ3v) is 2.13. The Morgan fingerprint density at radius 1 is 1.33 bits per heavy atom. The molecule has 0 amide bonds. The number of ether oxygens (including phenoxy) is 2. The number of rotatable bonds is 9. The highest BCUT2D eigenvalue weighted by Gasteiger charge is 2.20. The van der Waals surface area contributed by atoms with E-state index < -0.39 is 12.2 Å². The van der Waals surface area contributed by atoms with Gasteiger partial charge in [0.15, 0.2) is 0 Å². The first-order valence-electron chi connectivity index (χ1n) is 4.84. The Morgan fingerprint density at radius 3 is 2.40 bits per heavy atom. The Morgan fingerprint density at radius 2 is 2.00 bits per heavy atom. The van der Waals surface area contributed by atoms with Gasteiger partial charge in [0, 0.05) is 19.6 Å². The quantitative estimate of drug-likeness (QED) is 0.440. The van der Waals surface area contributed by atoms with Gasteiger partial charge in [-0.3, -0.25) is 0 Å². The van der Waals surface area contributed by atoms with Crippen LogP contribution in [-0.2, 0) is 9.47 Å². The highest BCUT2D eigenvalue weighted by Crippen LogP contribution is 2.14. The molecule has 0 aliphatic rings. The Balaban J connectivity index is 4.20. The summed E-state index contributed by atoms with van der Waals surface area (Å²) in [6.45, 7) is 7.17. The van der Waals surface area contributed by atoms with Crippen molar-refractivity contribution < 1.29 is 19.7 Å². The average Bonchev–Trinajstić information content (AvgIpc) is 2.28. The normalized spacial score (nSPS) is 16.7. The molecule has 0 bridgehead atoms. The van der Waals surface area contributed by atoms with Gasteiger partial charge in [-0.05, 0) is 6.42 Å². The Hall–Kier alpha value is -0.680. The fourth-order valence-corrected chi connectivity index (χ4v) is 1.16. The van der Waals surface area contributed by atoms with Gasteiger partial charge >= 0.3 is 0 Å². The average molecular weight is 216 g/mol. The van der Waals surface area contributed by atoms with E-state index in [1.165, 1.54) is 13.2 Å². The summed E-state index contributed by atoms with van der Waals surface area (Å²) in [6, 6.07) is 0. The second kappa shape index (κ2) is 8.61. The predicted molar refractivity (Wildman–Crippen MR) is 58.3 cm³/mol. The molecule has 0 heterocycles. The van der Waals surface area contributed by atoms with E-state index in [1.807, 2.05) is 0 Å². The first-order valence-corrected chi connectivity index (χ1v) is 4.84. The molecular formula is C11H20O4. The van der Waals surface area contributed by atoms with Crippen LogP contribution >= 0.6 is 0 Å². The summed E-state index contributed by atoms with van der Waals surface area (Å²) in [4.78, 5) is 0. The molecule has 0 unspecified atom stereocenters. The van der Waals surface area contributed by atoms with Crippen molar-refractivity contribution in [3.05, 3.63) is 25.3 Å². The molecule has 0 fully saturated rings. The first kappa shape index (κ1) is 14.3. The van der Waals surface area contributed by atoms with E-state index in [-0.39, 0.29) is 19.3 Å². The summed E-state index contributed by atoms with van der Waals surface area (Å²) < 4.78 is 10.0. The van der Waals surface area contributed by atoms with Gasteiger partial charge < -0.3 is 19.7 Å². The molecule has 0 aromatic carbocycles. The van der Waals surface area contributed by atoms with Crippen LogP contribution in [0.5, 0.6) is 0 Å². The van der Waals surface area contributed by atoms with Crippen molar-refractivity contribution in [3.8, 4) is 0 Å². The summed E-state index contributed by atoms with van der Waals surface area (Å²) in [5.74, 6) is -0.0959. The summed E-state index contributed by atoms with van der Waals surface area (Å²) in [5.41, 5.74) is 0. The van der Waals surface area contributed by atoms with Crippen molar-refractivity contribution in [1.82, 2.24) is 0 Å². The number of methoxy groups -OCH3 is 1. The van der Waals surface area contributed by atoms with Crippen molar-refractivity contribution in [2.24, 2.45) is 5.92 Å². The molecule has 0 radical (unpaired) electrons. The van der Waals surface area contributed by atoms with Gasteiger partial charge in [0.1, 0.15) is 6.79 Å². The van der Waals surface area contributed by atoms with E-state index in [2.05, 4.69) is 13.2 Å². The molecule has 0 saturated carbocycles. The van der Waals surface area contributed by atoms with Crippen LogP contribution in [0.15, 0.2) is 25.3 Å². The molecular weight excluding hydrogens is 196 g/mol. The molecule has 0 aromatic rings. The van der Waals surface area contributed by atoms with Gasteiger partial charge in [-0.25, -0.2) is 0 Å². The first-order chi connectivity index (χ1) is 7.19. The molecule has 3 atom stereocenters. The van der Waals surface area contributed by atoms with Gasteiger partial charge in [-0.2, -0.15) is 0 Å². The molecule has 4 nitrogen and oxygen atoms in total. The molecule has 0 saturated heterocycles. The molecule has 88 valence electrons. The van der Waals surface area contributed by atoms with Gasteiger partial charge in [0.25, 0.3) is 0 Å². The van der Waals surface area contributed by atoms with Crippen LogP contribution in [0.4, 0.5) is 0 Å². The molecule has 15 heavy (non-hydrogen) atoms. The Bertz CT molecular complexity index is 181. The van der Waals surface area contributed by atoms with Crippen LogP contribution in [0.2, 0.25) is 0 Å². The predicted octanol–water partition coefficient (Wildman–Crippen LogP) is 0.707.